The van der Waals surface area contributed by atoms with E-state index in [1.807, 2.05) is 0 Å². The molecule has 0 atom stereocenters. The maximum atomic E-state index is 10.9. The van der Waals surface area contributed by atoms with E-state index in [0.717, 1.165) is 0 Å². The SMILES string of the molecule is C=CCC(O)(c1ccc(O)cc1)c1ccc(O)cc1. The van der Waals surface area contributed by atoms with Crippen LogP contribution in [0.2, 0.25) is 0 Å². The first-order valence-corrected chi connectivity index (χ1v) is 5.98. The molecule has 0 heterocycles. The third-order valence-corrected chi connectivity index (χ3v) is 3.13. The van der Waals surface area contributed by atoms with E-state index in [1.54, 1.807) is 30.3 Å². The highest BCUT2D eigenvalue weighted by Crippen LogP contribution is 2.34. The van der Waals surface area contributed by atoms with Crippen molar-refractivity contribution in [2.75, 3.05) is 0 Å². The van der Waals surface area contributed by atoms with Crippen molar-refractivity contribution in [3.8, 4) is 11.5 Å². The molecule has 2 aromatic carbocycles. The van der Waals surface area contributed by atoms with Crippen LogP contribution in [0.1, 0.15) is 17.5 Å². The fourth-order valence-electron chi connectivity index (χ4n) is 2.09. The molecule has 2 rings (SSSR count). The van der Waals surface area contributed by atoms with Gasteiger partial charge >= 0.3 is 0 Å². The van der Waals surface area contributed by atoms with Gasteiger partial charge in [-0.25, -0.2) is 0 Å². The lowest BCUT2D eigenvalue weighted by Crippen LogP contribution is -2.26. The van der Waals surface area contributed by atoms with Crippen molar-refractivity contribution in [2.24, 2.45) is 0 Å². The summed E-state index contributed by atoms with van der Waals surface area (Å²) in [6.45, 7) is 3.67. The molecule has 3 heteroatoms. The molecule has 0 saturated heterocycles. The van der Waals surface area contributed by atoms with Gasteiger partial charge < -0.3 is 15.3 Å². The Balaban J connectivity index is 2.50. The minimum Gasteiger partial charge on any atom is -0.508 e. The van der Waals surface area contributed by atoms with Gasteiger partial charge in [-0.15, -0.1) is 6.58 Å². The second-order valence-corrected chi connectivity index (χ2v) is 4.45. The van der Waals surface area contributed by atoms with Gasteiger partial charge in [0, 0.05) is 6.42 Å². The third-order valence-electron chi connectivity index (χ3n) is 3.13. The number of phenols is 2. The van der Waals surface area contributed by atoms with Crippen LogP contribution in [0.4, 0.5) is 0 Å². The quantitative estimate of drug-likeness (QED) is 0.737. The van der Waals surface area contributed by atoms with Crippen LogP contribution >= 0.6 is 0 Å². The van der Waals surface area contributed by atoms with E-state index in [0.29, 0.717) is 17.5 Å². The Morgan fingerprint density at radius 3 is 1.53 bits per heavy atom. The third kappa shape index (κ3) is 2.61. The Morgan fingerprint density at radius 1 is 0.842 bits per heavy atom. The predicted molar refractivity (Wildman–Crippen MR) is 74.0 cm³/mol. The molecule has 0 aliphatic heterocycles. The normalized spacial score (nSPS) is 11.2. The van der Waals surface area contributed by atoms with Crippen molar-refractivity contribution < 1.29 is 15.3 Å². The van der Waals surface area contributed by atoms with Gasteiger partial charge in [-0.3, -0.25) is 0 Å². The summed E-state index contributed by atoms with van der Waals surface area (Å²) < 4.78 is 0. The van der Waals surface area contributed by atoms with Crippen LogP contribution in [-0.4, -0.2) is 15.3 Å². The average molecular weight is 256 g/mol. The van der Waals surface area contributed by atoms with Crippen LogP contribution in [0.5, 0.6) is 11.5 Å². The summed E-state index contributed by atoms with van der Waals surface area (Å²) in [5, 5.41) is 29.6. The lowest BCUT2D eigenvalue weighted by molar-refractivity contribution is 0.0841. The Morgan fingerprint density at radius 2 is 1.21 bits per heavy atom. The number of phenolic OH excluding ortho intramolecular Hbond substituents is 2. The molecular weight excluding hydrogens is 240 g/mol. The van der Waals surface area contributed by atoms with Crippen LogP contribution in [0.15, 0.2) is 61.2 Å². The first-order chi connectivity index (χ1) is 9.06. The number of hydrogen-bond acceptors (Lipinski definition) is 3. The second-order valence-electron chi connectivity index (χ2n) is 4.45. The molecule has 3 N–H and O–H groups in total. The Hall–Kier alpha value is -2.26. The van der Waals surface area contributed by atoms with E-state index >= 15 is 0 Å². The zero-order valence-electron chi connectivity index (χ0n) is 10.5. The van der Waals surface area contributed by atoms with E-state index < -0.39 is 5.60 Å². The van der Waals surface area contributed by atoms with Crippen LogP contribution in [-0.2, 0) is 5.60 Å². The van der Waals surface area contributed by atoms with Crippen molar-refractivity contribution in [2.45, 2.75) is 12.0 Å². The molecule has 0 bridgehead atoms. The molecule has 0 aliphatic carbocycles. The van der Waals surface area contributed by atoms with Crippen LogP contribution in [0, 0.1) is 0 Å². The van der Waals surface area contributed by atoms with E-state index in [1.165, 1.54) is 24.3 Å². The molecule has 19 heavy (non-hydrogen) atoms. The van der Waals surface area contributed by atoms with Gasteiger partial charge in [0.2, 0.25) is 0 Å². The highest BCUT2D eigenvalue weighted by molar-refractivity contribution is 5.40. The largest absolute Gasteiger partial charge is 0.508 e. The predicted octanol–water partition coefficient (Wildman–Crippen LogP) is 2.91. The Labute approximate surface area is 112 Å². The second kappa shape index (κ2) is 5.16. The topological polar surface area (TPSA) is 60.7 Å². The molecule has 0 amide bonds. The maximum Gasteiger partial charge on any atom is 0.118 e. The van der Waals surface area contributed by atoms with E-state index in [4.69, 9.17) is 0 Å². The average Bonchev–Trinajstić information content (AvgIpc) is 2.40. The summed E-state index contributed by atoms with van der Waals surface area (Å²) in [6.07, 6.45) is 1.97. The highest BCUT2D eigenvalue weighted by Gasteiger charge is 2.30. The molecule has 0 spiro atoms. The maximum absolute atomic E-state index is 10.9. The number of aromatic hydroxyl groups is 2. The molecule has 0 aromatic heterocycles. The van der Waals surface area contributed by atoms with Gasteiger partial charge in [-0.05, 0) is 35.4 Å². The molecule has 98 valence electrons. The van der Waals surface area contributed by atoms with Crippen molar-refractivity contribution in [3.63, 3.8) is 0 Å². The van der Waals surface area contributed by atoms with Crippen molar-refractivity contribution in [3.05, 3.63) is 72.3 Å². The first-order valence-electron chi connectivity index (χ1n) is 5.98. The Kier molecular flexibility index (Phi) is 3.58. The number of rotatable bonds is 4. The van der Waals surface area contributed by atoms with Crippen LogP contribution in [0.3, 0.4) is 0 Å². The molecule has 0 aliphatic rings. The minimum atomic E-state index is -1.22. The fourth-order valence-corrected chi connectivity index (χ4v) is 2.09. The number of benzene rings is 2. The summed E-state index contributed by atoms with van der Waals surface area (Å²) in [5.74, 6) is 0.297. The van der Waals surface area contributed by atoms with E-state index in [-0.39, 0.29) is 11.5 Å². The lowest BCUT2D eigenvalue weighted by atomic mass is 9.83. The molecule has 0 saturated carbocycles. The van der Waals surface area contributed by atoms with E-state index in [9.17, 15) is 15.3 Å². The summed E-state index contributed by atoms with van der Waals surface area (Å²) >= 11 is 0. The van der Waals surface area contributed by atoms with Gasteiger partial charge in [0.05, 0.1) is 0 Å². The highest BCUT2D eigenvalue weighted by atomic mass is 16.3. The van der Waals surface area contributed by atoms with E-state index in [2.05, 4.69) is 6.58 Å². The molecular formula is C16H16O3. The van der Waals surface area contributed by atoms with Gasteiger partial charge in [0.15, 0.2) is 0 Å². The van der Waals surface area contributed by atoms with Crippen molar-refractivity contribution in [1.29, 1.82) is 0 Å². The van der Waals surface area contributed by atoms with Gasteiger partial charge in [-0.2, -0.15) is 0 Å². The van der Waals surface area contributed by atoms with Gasteiger partial charge in [0.1, 0.15) is 17.1 Å². The molecule has 0 fully saturated rings. The zero-order chi connectivity index (χ0) is 13.9. The Bertz CT molecular complexity index is 510. The fraction of sp³-hybridized carbons (Fsp3) is 0.125. The van der Waals surface area contributed by atoms with Crippen molar-refractivity contribution in [1.82, 2.24) is 0 Å². The van der Waals surface area contributed by atoms with Gasteiger partial charge in [-0.1, -0.05) is 30.3 Å². The summed E-state index contributed by atoms with van der Waals surface area (Å²) in [5.41, 5.74) is 0.107. The molecule has 0 unspecified atom stereocenters. The smallest absolute Gasteiger partial charge is 0.118 e. The lowest BCUT2D eigenvalue weighted by Gasteiger charge is -2.28. The van der Waals surface area contributed by atoms with Crippen molar-refractivity contribution >= 4 is 0 Å². The summed E-state index contributed by atoms with van der Waals surface area (Å²) in [6, 6.07) is 12.8. The number of aliphatic hydroxyl groups is 1. The van der Waals surface area contributed by atoms with Gasteiger partial charge in [0.25, 0.3) is 0 Å². The monoisotopic (exact) mass is 256 g/mol. The molecule has 2 aromatic rings. The first kappa shape index (κ1) is 13.2. The molecule has 0 radical (unpaired) electrons. The standard InChI is InChI=1S/C16H16O3/c1-2-11-16(19,12-3-7-14(17)8-4-12)13-5-9-15(18)10-6-13/h2-10,17-19H,1,11H2. The summed E-state index contributed by atoms with van der Waals surface area (Å²) in [4.78, 5) is 0. The molecule has 3 nitrogen and oxygen atoms in total. The minimum absolute atomic E-state index is 0.149. The zero-order valence-corrected chi connectivity index (χ0v) is 10.5. The number of hydrogen-bond donors (Lipinski definition) is 3. The summed E-state index contributed by atoms with van der Waals surface area (Å²) in [7, 11) is 0. The van der Waals surface area contributed by atoms with Crippen LogP contribution < -0.4 is 0 Å². The van der Waals surface area contributed by atoms with Crippen LogP contribution in [0.25, 0.3) is 0 Å².